The first-order valence-electron chi connectivity index (χ1n) is 14.2. The van der Waals surface area contributed by atoms with Crippen LogP contribution in [0, 0.1) is 23.7 Å². The van der Waals surface area contributed by atoms with Crippen LogP contribution in [0.5, 0.6) is 5.88 Å². The predicted octanol–water partition coefficient (Wildman–Crippen LogP) is 5.52. The van der Waals surface area contributed by atoms with Crippen LogP contribution in [0.25, 0.3) is 11.3 Å². The van der Waals surface area contributed by atoms with Gasteiger partial charge in [0.25, 0.3) is 0 Å². The van der Waals surface area contributed by atoms with Crippen LogP contribution in [0.2, 0.25) is 0 Å². The molecule has 8 nitrogen and oxygen atoms in total. The molecule has 222 valence electrons. The van der Waals surface area contributed by atoms with E-state index in [0.717, 1.165) is 47.7 Å². The number of pyridine rings is 2. The summed E-state index contributed by atoms with van der Waals surface area (Å²) in [5.41, 5.74) is 2.70. The molecule has 3 rings (SSSR count). The van der Waals surface area contributed by atoms with Crippen LogP contribution in [0.4, 0.5) is 0 Å². The van der Waals surface area contributed by atoms with Crippen molar-refractivity contribution in [1.82, 2.24) is 15.3 Å². The van der Waals surface area contributed by atoms with Crippen LogP contribution in [0.15, 0.2) is 35.6 Å². The van der Waals surface area contributed by atoms with Crippen molar-refractivity contribution in [3.05, 3.63) is 41.7 Å². The quantitative estimate of drug-likeness (QED) is 0.0730. The molecule has 0 atom stereocenters. The molecule has 2 aromatic heterocycles. The Bertz CT molecular complexity index is 1190. The molecule has 40 heavy (non-hydrogen) atoms. The Labute approximate surface area is 240 Å². The third-order valence-electron chi connectivity index (χ3n) is 7.02. The zero-order valence-corrected chi connectivity index (χ0v) is 26.3. The molecule has 0 unspecified atom stereocenters. The number of aliphatic imine (C=N–C) groups is 1. The summed E-state index contributed by atoms with van der Waals surface area (Å²) in [4.78, 5) is 24.8. The van der Waals surface area contributed by atoms with Gasteiger partial charge in [-0.2, -0.15) is 0 Å². The van der Waals surface area contributed by atoms with Crippen LogP contribution < -0.4 is 10.1 Å². The lowest BCUT2D eigenvalue weighted by Crippen LogP contribution is -2.30. The number of thiol groups is 1. The first kappa shape index (κ1) is 31.7. The number of carbonyl (C=O) groups excluding carboxylic acids is 1. The fourth-order valence-corrected chi connectivity index (χ4v) is 5.20. The zero-order valence-electron chi connectivity index (χ0n) is 25.4. The van der Waals surface area contributed by atoms with Gasteiger partial charge in [0.15, 0.2) is 5.84 Å². The van der Waals surface area contributed by atoms with E-state index in [1.807, 2.05) is 39.0 Å². The Morgan fingerprint density at radius 3 is 2.50 bits per heavy atom. The summed E-state index contributed by atoms with van der Waals surface area (Å²) in [7, 11) is -1.59. The highest BCUT2D eigenvalue weighted by molar-refractivity contribution is 8.47. The molecule has 9 heteroatoms. The van der Waals surface area contributed by atoms with Gasteiger partial charge in [0.2, 0.25) is 5.88 Å². The molecule has 0 spiro atoms. The van der Waals surface area contributed by atoms with Crippen molar-refractivity contribution in [2.24, 2.45) is 16.3 Å². The molecular weight excluding hydrogens is 522 g/mol. The van der Waals surface area contributed by atoms with E-state index < -0.39 is 14.6 Å². The number of aryl methyl sites for hydroxylation is 1. The number of nitrogens with one attached hydrogen (secondary N) is 2. The van der Waals surface area contributed by atoms with Gasteiger partial charge in [-0.15, -0.1) is 0 Å². The molecule has 1 fully saturated rings. The molecule has 2 N–H and O–H groups in total. The standard InChI is InChI=1S/C31H49N5O3S/c1-23-16-29(39-21-31(2,3)20-37)34-19-26(23)27-13-12-25(18-33-27)30(32)36-28(17-24-10-8-9-11-24)35-22-38-14-15-40(4,5,6)7/h12-13,16,18-20,24,40H,8-11,14-15,17,21-22H2,1-7H3,(H2,32,35,36). The Morgan fingerprint density at radius 2 is 1.90 bits per heavy atom. The van der Waals surface area contributed by atoms with Crippen molar-refractivity contribution >= 4 is 27.1 Å². The Morgan fingerprint density at radius 1 is 1.18 bits per heavy atom. The Kier molecular flexibility index (Phi) is 10.5. The summed E-state index contributed by atoms with van der Waals surface area (Å²) in [6.45, 7) is 7.02. The second-order valence-corrected chi connectivity index (χ2v) is 22.2. The van der Waals surface area contributed by atoms with Crippen molar-refractivity contribution in [2.75, 3.05) is 50.7 Å². The van der Waals surface area contributed by atoms with E-state index in [4.69, 9.17) is 14.9 Å². The summed E-state index contributed by atoms with van der Waals surface area (Å²) >= 11 is 0. The molecule has 0 radical (unpaired) electrons. The summed E-state index contributed by atoms with van der Waals surface area (Å²) in [6.07, 6.45) is 19.5. The molecular formula is C31H49N5O3S. The van der Waals surface area contributed by atoms with Crippen molar-refractivity contribution < 1.29 is 14.3 Å². The van der Waals surface area contributed by atoms with Crippen molar-refractivity contribution in [1.29, 1.82) is 5.41 Å². The minimum Gasteiger partial charge on any atom is -0.477 e. The number of ether oxygens (including phenoxy) is 2. The SMILES string of the molecule is Cc1cc(OCC(C)(C)C=O)ncc1-c1ccc(C(=N)/N=C(/CC2CCCC2)NCOCC[SH](C)(C)(C)C)cn1. The van der Waals surface area contributed by atoms with Crippen molar-refractivity contribution in [2.45, 2.75) is 52.9 Å². The summed E-state index contributed by atoms with van der Waals surface area (Å²) in [5.74, 6) is 3.16. The van der Waals surface area contributed by atoms with Gasteiger partial charge in [-0.25, -0.2) is 9.98 Å². The highest BCUT2D eigenvalue weighted by Gasteiger charge is 2.20. The number of aldehydes is 1. The summed E-state index contributed by atoms with van der Waals surface area (Å²) < 4.78 is 11.6. The number of hydrogen-bond acceptors (Lipinski definition) is 6. The molecule has 0 aliphatic heterocycles. The number of hydrogen-bond donors (Lipinski definition) is 3. The van der Waals surface area contributed by atoms with Gasteiger partial charge in [-0.1, -0.05) is 25.7 Å². The average molecular weight is 572 g/mol. The molecule has 0 saturated heterocycles. The van der Waals surface area contributed by atoms with Crippen molar-refractivity contribution in [3.63, 3.8) is 0 Å². The lowest BCUT2D eigenvalue weighted by atomic mass is 9.98. The lowest BCUT2D eigenvalue weighted by Gasteiger charge is -2.46. The number of amidine groups is 2. The maximum atomic E-state index is 11.1. The predicted molar refractivity (Wildman–Crippen MR) is 170 cm³/mol. The van der Waals surface area contributed by atoms with Gasteiger partial charge in [0.05, 0.1) is 17.7 Å². The number of carbonyl (C=O) groups is 1. The monoisotopic (exact) mass is 571 g/mol. The number of aromatic nitrogens is 2. The average Bonchev–Trinajstić information content (AvgIpc) is 3.39. The zero-order chi connectivity index (χ0) is 29.4. The minimum atomic E-state index is -1.59. The summed E-state index contributed by atoms with van der Waals surface area (Å²) in [6, 6.07) is 5.62. The first-order valence-corrected chi connectivity index (χ1v) is 18.4. The fraction of sp³-hybridized carbons (Fsp3) is 0.581. The van der Waals surface area contributed by atoms with E-state index in [1.165, 1.54) is 25.7 Å². The van der Waals surface area contributed by atoms with Gasteiger partial charge in [-0.3, -0.25) is 19.6 Å². The fourth-order valence-electron chi connectivity index (χ4n) is 4.35. The van der Waals surface area contributed by atoms with Crippen LogP contribution >= 0.6 is 9.16 Å². The second-order valence-electron chi connectivity index (χ2n) is 13.8. The van der Waals surface area contributed by atoms with Gasteiger partial charge >= 0.3 is 0 Å². The highest BCUT2D eigenvalue weighted by atomic mass is 32.3. The molecule has 2 aromatic rings. The van der Waals surface area contributed by atoms with E-state index in [-0.39, 0.29) is 12.4 Å². The number of rotatable bonds is 13. The first-order chi connectivity index (χ1) is 18.7. The molecule has 1 aliphatic carbocycles. The van der Waals surface area contributed by atoms with E-state index in [9.17, 15) is 4.79 Å². The van der Waals surface area contributed by atoms with Gasteiger partial charge in [0, 0.05) is 36.0 Å². The second kappa shape index (κ2) is 13.3. The molecule has 0 bridgehead atoms. The largest absolute Gasteiger partial charge is 0.477 e. The van der Waals surface area contributed by atoms with Crippen LogP contribution in [0.1, 0.15) is 57.1 Å². The third-order valence-corrected chi connectivity index (χ3v) is 8.99. The van der Waals surface area contributed by atoms with E-state index in [0.29, 0.717) is 24.1 Å². The van der Waals surface area contributed by atoms with E-state index in [1.54, 1.807) is 12.4 Å². The van der Waals surface area contributed by atoms with Crippen LogP contribution in [0.3, 0.4) is 0 Å². The van der Waals surface area contributed by atoms with Gasteiger partial charge in [0.1, 0.15) is 25.5 Å². The van der Waals surface area contributed by atoms with Crippen LogP contribution in [-0.2, 0) is 9.53 Å². The highest BCUT2D eigenvalue weighted by Crippen LogP contribution is 2.54. The third kappa shape index (κ3) is 10.7. The lowest BCUT2D eigenvalue weighted by molar-refractivity contribution is -0.116. The molecule has 1 aliphatic rings. The minimum absolute atomic E-state index is 0.185. The van der Waals surface area contributed by atoms with Crippen LogP contribution in [-0.4, -0.2) is 78.6 Å². The molecule has 0 aromatic carbocycles. The van der Waals surface area contributed by atoms with E-state index in [2.05, 4.69) is 45.3 Å². The summed E-state index contributed by atoms with van der Waals surface area (Å²) in [5, 5.41) is 12.0. The molecule has 2 heterocycles. The van der Waals surface area contributed by atoms with Gasteiger partial charge < -0.3 is 19.6 Å². The maximum absolute atomic E-state index is 11.1. The van der Waals surface area contributed by atoms with E-state index >= 15 is 0 Å². The maximum Gasteiger partial charge on any atom is 0.213 e. The van der Waals surface area contributed by atoms with Gasteiger partial charge in [-0.05, 0) is 75.2 Å². The molecule has 0 amide bonds. The topological polar surface area (TPSA) is 110 Å². The normalized spacial score (nSPS) is 15.9. The number of nitrogens with zero attached hydrogens (tertiary/aromatic N) is 3. The van der Waals surface area contributed by atoms with Crippen molar-refractivity contribution in [3.8, 4) is 17.1 Å². The Hall–Kier alpha value is -2.78. The Balaban J connectivity index is 1.65. The molecule has 1 saturated carbocycles. The smallest absolute Gasteiger partial charge is 0.213 e.